The molecule has 4 N–H and O–H groups in total. The number of nitrogens with two attached hydrogens (primary N) is 1. The number of nitrogens with zero attached hydrogens (tertiary/aromatic N) is 4. The van der Waals surface area contributed by atoms with Gasteiger partial charge in [-0.05, 0) is 54.9 Å². The van der Waals surface area contributed by atoms with Crippen LogP contribution in [0.5, 0.6) is 5.88 Å². The van der Waals surface area contributed by atoms with Gasteiger partial charge in [-0.2, -0.15) is 28.2 Å². The molecular formula is C30H32F3N7O3. The van der Waals surface area contributed by atoms with Gasteiger partial charge in [-0.3, -0.25) is 9.89 Å². The van der Waals surface area contributed by atoms with Crippen LogP contribution < -0.4 is 20.7 Å². The van der Waals surface area contributed by atoms with Crippen molar-refractivity contribution in [3.63, 3.8) is 0 Å². The minimum Gasteiger partial charge on any atom is -0.465 e. The van der Waals surface area contributed by atoms with Gasteiger partial charge >= 0.3 is 12.1 Å². The molecule has 226 valence electrons. The van der Waals surface area contributed by atoms with Crippen molar-refractivity contribution in [2.24, 2.45) is 5.41 Å². The van der Waals surface area contributed by atoms with Gasteiger partial charge in [0, 0.05) is 36.7 Å². The molecule has 2 aliphatic heterocycles. The third kappa shape index (κ3) is 6.07. The summed E-state index contributed by atoms with van der Waals surface area (Å²) in [5.41, 5.74) is 8.29. The molecule has 2 aromatic carbocycles. The summed E-state index contributed by atoms with van der Waals surface area (Å²) in [6, 6.07) is 12.8. The summed E-state index contributed by atoms with van der Waals surface area (Å²) in [5, 5.41) is 11.1. The van der Waals surface area contributed by atoms with E-state index in [-0.39, 0.29) is 34.8 Å². The van der Waals surface area contributed by atoms with Gasteiger partial charge in [0.2, 0.25) is 17.9 Å². The maximum atomic E-state index is 14.3. The van der Waals surface area contributed by atoms with E-state index >= 15 is 0 Å². The van der Waals surface area contributed by atoms with E-state index in [0.717, 1.165) is 34.9 Å². The van der Waals surface area contributed by atoms with Crippen molar-refractivity contribution in [3.05, 3.63) is 60.3 Å². The van der Waals surface area contributed by atoms with Crippen LogP contribution in [0.2, 0.25) is 0 Å². The number of nitrogens with one attached hydrogen (secondary N) is 2. The fourth-order valence-electron chi connectivity index (χ4n) is 5.99. The summed E-state index contributed by atoms with van der Waals surface area (Å²) in [6.45, 7) is 4.02. The highest BCUT2D eigenvalue weighted by Gasteiger charge is 2.45. The normalized spacial score (nSPS) is 19.1. The van der Waals surface area contributed by atoms with E-state index in [2.05, 4.69) is 25.5 Å². The number of piperidine rings is 1. The average molecular weight is 596 g/mol. The van der Waals surface area contributed by atoms with Crippen LogP contribution >= 0.6 is 0 Å². The average Bonchev–Trinajstić information content (AvgIpc) is 3.63. The summed E-state index contributed by atoms with van der Waals surface area (Å²) >= 11 is 0. The lowest BCUT2D eigenvalue weighted by Crippen LogP contribution is -2.41. The molecule has 43 heavy (non-hydrogen) atoms. The predicted octanol–water partition coefficient (Wildman–Crippen LogP) is 4.80. The van der Waals surface area contributed by atoms with Crippen LogP contribution in [-0.4, -0.2) is 64.6 Å². The molecule has 6 rings (SSSR count). The number of esters is 1. The van der Waals surface area contributed by atoms with Gasteiger partial charge in [0.15, 0.2) is 0 Å². The highest BCUT2D eigenvalue weighted by molar-refractivity contribution is 5.84. The second-order valence-corrected chi connectivity index (χ2v) is 11.1. The first-order valence-electron chi connectivity index (χ1n) is 14.2. The Hall–Kier alpha value is -4.39. The van der Waals surface area contributed by atoms with Crippen molar-refractivity contribution in [1.29, 1.82) is 0 Å². The number of hydrogen-bond acceptors (Lipinski definition) is 9. The minimum atomic E-state index is -4.71. The van der Waals surface area contributed by atoms with Crippen LogP contribution in [0.3, 0.4) is 0 Å². The van der Waals surface area contributed by atoms with E-state index < -0.39 is 12.3 Å². The molecule has 2 atom stereocenters. The Kier molecular flexibility index (Phi) is 7.59. The quantitative estimate of drug-likeness (QED) is 0.258. The van der Waals surface area contributed by atoms with Gasteiger partial charge in [-0.1, -0.05) is 30.3 Å². The lowest BCUT2D eigenvalue weighted by atomic mass is 9.76. The van der Waals surface area contributed by atoms with Crippen molar-refractivity contribution in [2.75, 3.05) is 36.9 Å². The number of rotatable bonds is 7. The summed E-state index contributed by atoms with van der Waals surface area (Å²) in [7, 11) is 0. The number of alkyl halides is 3. The molecule has 1 spiro atoms. The van der Waals surface area contributed by atoms with Crippen molar-refractivity contribution in [2.45, 2.75) is 44.5 Å². The number of hydrogen-bond donors (Lipinski definition) is 3. The van der Waals surface area contributed by atoms with Crippen LogP contribution in [0.1, 0.15) is 37.9 Å². The molecule has 0 unspecified atom stereocenters. The predicted molar refractivity (Wildman–Crippen MR) is 154 cm³/mol. The summed E-state index contributed by atoms with van der Waals surface area (Å²) < 4.78 is 53.4. The molecule has 0 radical (unpaired) electrons. The molecule has 10 nitrogen and oxygen atoms in total. The first kappa shape index (κ1) is 28.7. The first-order valence-corrected chi connectivity index (χ1v) is 14.2. The molecule has 4 heterocycles. The minimum absolute atomic E-state index is 0.0519. The molecule has 2 saturated heterocycles. The Morgan fingerprint density at radius 1 is 1.12 bits per heavy atom. The fourth-order valence-corrected chi connectivity index (χ4v) is 5.99. The van der Waals surface area contributed by atoms with E-state index in [1.807, 2.05) is 23.1 Å². The number of H-pyrrole nitrogens is 1. The largest absolute Gasteiger partial charge is 0.465 e. The van der Waals surface area contributed by atoms with E-state index in [9.17, 15) is 18.0 Å². The van der Waals surface area contributed by atoms with Crippen LogP contribution in [-0.2, 0) is 9.53 Å². The lowest BCUT2D eigenvalue weighted by molar-refractivity contribution is -0.198. The lowest BCUT2D eigenvalue weighted by Gasteiger charge is -2.39. The summed E-state index contributed by atoms with van der Waals surface area (Å²) in [6.07, 6.45) is -3.03. The Balaban J connectivity index is 1.16. The molecule has 13 heteroatoms. The van der Waals surface area contributed by atoms with E-state index in [4.69, 9.17) is 15.2 Å². The number of carbonyl (C=O) groups is 1. The van der Waals surface area contributed by atoms with Gasteiger partial charge in [0.1, 0.15) is 11.9 Å². The number of aromatic amines is 1. The van der Waals surface area contributed by atoms with Crippen LogP contribution in [0, 0.1) is 5.41 Å². The van der Waals surface area contributed by atoms with Crippen LogP contribution in [0.15, 0.2) is 54.7 Å². The van der Waals surface area contributed by atoms with Gasteiger partial charge in [-0.25, -0.2) is 0 Å². The Labute approximate surface area is 245 Å². The van der Waals surface area contributed by atoms with Crippen molar-refractivity contribution in [3.8, 4) is 17.0 Å². The number of benzene rings is 2. The molecule has 0 bridgehead atoms. The Morgan fingerprint density at radius 2 is 1.86 bits per heavy atom. The maximum absolute atomic E-state index is 14.3. The van der Waals surface area contributed by atoms with Gasteiger partial charge < -0.3 is 25.4 Å². The molecule has 2 fully saturated rings. The number of halogens is 3. The zero-order valence-electron chi connectivity index (χ0n) is 23.5. The first-order chi connectivity index (χ1) is 20.6. The Bertz CT molecular complexity index is 1600. The standard InChI is InChI=1S/C30H32F3N7O3/c1-2-42-27(41)23-15-29(17-35-23)9-11-40(12-10-29)24-14-25(38-28(34)37-24)43-26(30(31,32)33)19-5-3-18(4-6-19)20-7-8-22-21(13-20)16-36-39-22/h3-8,13-14,16,23,26,35H,2,9-12,15,17H2,1H3,(H,36,39)(H2,34,37,38)/t23-,26+/m0/s1. The smallest absolute Gasteiger partial charge is 0.429 e. The fraction of sp³-hybridized carbons (Fsp3) is 0.400. The number of aromatic nitrogens is 4. The highest BCUT2D eigenvalue weighted by atomic mass is 19.4. The Morgan fingerprint density at radius 3 is 2.58 bits per heavy atom. The van der Waals surface area contributed by atoms with Crippen molar-refractivity contribution in [1.82, 2.24) is 25.5 Å². The van der Waals surface area contributed by atoms with Crippen molar-refractivity contribution >= 4 is 28.6 Å². The number of ether oxygens (including phenoxy) is 2. The SMILES string of the molecule is CCOC(=O)[C@@H]1CC2(CCN(c3cc(O[C@H](c4ccc(-c5ccc6[nH]ncc6c5)cc4)C(F)(F)F)nc(N)n3)CC2)CN1. The number of carbonyl (C=O) groups excluding carboxylic acids is 1. The van der Waals surface area contributed by atoms with Gasteiger partial charge in [-0.15, -0.1) is 0 Å². The maximum Gasteiger partial charge on any atom is 0.429 e. The third-order valence-electron chi connectivity index (χ3n) is 8.31. The number of nitrogen functional groups attached to an aromatic ring is 1. The summed E-state index contributed by atoms with van der Waals surface area (Å²) in [4.78, 5) is 22.4. The number of anilines is 2. The van der Waals surface area contributed by atoms with Crippen molar-refractivity contribution < 1.29 is 27.4 Å². The zero-order chi connectivity index (χ0) is 30.2. The molecule has 0 saturated carbocycles. The van der Waals surface area contributed by atoms with E-state index in [1.165, 1.54) is 18.2 Å². The van der Waals surface area contributed by atoms with Crippen LogP contribution in [0.4, 0.5) is 24.9 Å². The molecular weight excluding hydrogens is 563 g/mol. The molecule has 0 aliphatic carbocycles. The second kappa shape index (κ2) is 11.4. The molecule has 0 amide bonds. The zero-order valence-corrected chi connectivity index (χ0v) is 23.5. The summed E-state index contributed by atoms with van der Waals surface area (Å²) in [5.74, 6) is -0.277. The number of fused-ring (bicyclic) bond motifs is 1. The van der Waals surface area contributed by atoms with Gasteiger partial charge in [0.25, 0.3) is 0 Å². The molecule has 4 aromatic rings. The topological polar surface area (TPSA) is 131 Å². The van der Waals surface area contributed by atoms with E-state index in [1.54, 1.807) is 25.3 Å². The molecule has 2 aromatic heterocycles. The third-order valence-corrected chi connectivity index (χ3v) is 8.31. The monoisotopic (exact) mass is 595 g/mol. The highest BCUT2D eigenvalue weighted by Crippen LogP contribution is 2.42. The second-order valence-electron chi connectivity index (χ2n) is 11.1. The van der Waals surface area contributed by atoms with Gasteiger partial charge in [0.05, 0.1) is 18.3 Å². The van der Waals surface area contributed by atoms with E-state index in [0.29, 0.717) is 38.5 Å². The van der Waals surface area contributed by atoms with Crippen LogP contribution in [0.25, 0.3) is 22.0 Å². The molecule has 2 aliphatic rings.